The van der Waals surface area contributed by atoms with Crippen molar-refractivity contribution in [3.63, 3.8) is 0 Å². The van der Waals surface area contributed by atoms with E-state index in [1.807, 2.05) is 18.7 Å². The van der Waals surface area contributed by atoms with Crippen LogP contribution in [0, 0.1) is 5.82 Å². The Morgan fingerprint density at radius 3 is 2.63 bits per heavy atom. The van der Waals surface area contributed by atoms with Crippen molar-refractivity contribution < 1.29 is 14.3 Å². The molecular formula is C19H22FN5O2. The zero-order valence-electron chi connectivity index (χ0n) is 15.5. The number of aliphatic imine (C=N–C) groups is 1. The fourth-order valence-electron chi connectivity index (χ4n) is 2.41. The molecule has 0 fully saturated rings. The Kier molecular flexibility index (Phi) is 6.99. The van der Waals surface area contributed by atoms with Crippen LogP contribution in [0.25, 0.3) is 0 Å². The van der Waals surface area contributed by atoms with E-state index in [9.17, 15) is 14.3 Å². The Labute approximate surface area is 157 Å². The zero-order valence-corrected chi connectivity index (χ0v) is 15.5. The SMILES string of the molecule is CCN(CC)C(=Nc1cccc(F)c1)NN=C(C)c1ncccc1C(=O)O. The number of hydrazone groups is 1. The van der Waals surface area contributed by atoms with Gasteiger partial charge in [-0.05, 0) is 51.1 Å². The van der Waals surface area contributed by atoms with Crippen LogP contribution in [0.4, 0.5) is 10.1 Å². The molecule has 0 bridgehead atoms. The minimum absolute atomic E-state index is 0.0620. The van der Waals surface area contributed by atoms with Gasteiger partial charge in [-0.1, -0.05) is 6.07 Å². The molecule has 2 rings (SSSR count). The Bertz CT molecular complexity index is 863. The van der Waals surface area contributed by atoms with Gasteiger partial charge in [0, 0.05) is 19.3 Å². The van der Waals surface area contributed by atoms with Gasteiger partial charge in [-0.25, -0.2) is 19.6 Å². The molecule has 0 aliphatic carbocycles. The second-order valence-corrected chi connectivity index (χ2v) is 5.60. The van der Waals surface area contributed by atoms with Crippen molar-refractivity contribution in [3.8, 4) is 0 Å². The Morgan fingerprint density at radius 2 is 2.00 bits per heavy atom. The fraction of sp³-hybridized carbons (Fsp3) is 0.263. The molecular weight excluding hydrogens is 349 g/mol. The van der Waals surface area contributed by atoms with Crippen LogP contribution in [0.5, 0.6) is 0 Å². The summed E-state index contributed by atoms with van der Waals surface area (Å²) in [6, 6.07) is 8.96. The molecule has 2 N–H and O–H groups in total. The molecule has 0 radical (unpaired) electrons. The molecule has 0 spiro atoms. The first kappa shape index (κ1) is 20.0. The van der Waals surface area contributed by atoms with Crippen LogP contribution >= 0.6 is 0 Å². The molecule has 2 aromatic rings. The molecule has 1 heterocycles. The third-order valence-corrected chi connectivity index (χ3v) is 3.81. The molecule has 1 aromatic heterocycles. The summed E-state index contributed by atoms with van der Waals surface area (Å²) in [6.07, 6.45) is 1.51. The summed E-state index contributed by atoms with van der Waals surface area (Å²) in [4.78, 5) is 21.8. The van der Waals surface area contributed by atoms with Gasteiger partial charge in [0.15, 0.2) is 0 Å². The van der Waals surface area contributed by atoms with Gasteiger partial charge in [-0.15, -0.1) is 0 Å². The van der Waals surface area contributed by atoms with Crippen LogP contribution in [-0.2, 0) is 0 Å². The number of hydrogen-bond acceptors (Lipinski definition) is 4. The number of nitrogens with zero attached hydrogens (tertiary/aromatic N) is 4. The highest BCUT2D eigenvalue weighted by Crippen LogP contribution is 2.14. The first-order valence-corrected chi connectivity index (χ1v) is 8.54. The third-order valence-electron chi connectivity index (χ3n) is 3.81. The first-order chi connectivity index (χ1) is 13.0. The second kappa shape index (κ2) is 9.42. The number of nitrogens with one attached hydrogen (secondary N) is 1. The summed E-state index contributed by atoms with van der Waals surface area (Å²) in [5.74, 6) is -1.03. The average Bonchev–Trinajstić information content (AvgIpc) is 2.66. The summed E-state index contributed by atoms with van der Waals surface area (Å²) in [6.45, 7) is 6.91. The van der Waals surface area contributed by atoms with Gasteiger partial charge in [0.1, 0.15) is 11.5 Å². The van der Waals surface area contributed by atoms with E-state index in [2.05, 4.69) is 20.5 Å². The van der Waals surface area contributed by atoms with Gasteiger partial charge in [0.2, 0.25) is 5.96 Å². The van der Waals surface area contributed by atoms with Crippen LogP contribution in [0.15, 0.2) is 52.7 Å². The largest absolute Gasteiger partial charge is 0.478 e. The maximum atomic E-state index is 13.4. The van der Waals surface area contributed by atoms with E-state index >= 15 is 0 Å². The van der Waals surface area contributed by atoms with Crippen molar-refractivity contribution in [3.05, 3.63) is 59.7 Å². The predicted molar refractivity (Wildman–Crippen MR) is 103 cm³/mol. The van der Waals surface area contributed by atoms with E-state index in [0.29, 0.717) is 30.4 Å². The molecule has 0 atom stereocenters. The minimum atomic E-state index is -1.08. The quantitative estimate of drug-likeness (QED) is 0.462. The number of pyridine rings is 1. The highest BCUT2D eigenvalue weighted by molar-refractivity contribution is 6.06. The van der Waals surface area contributed by atoms with Gasteiger partial charge >= 0.3 is 5.97 Å². The maximum Gasteiger partial charge on any atom is 0.337 e. The Hall–Kier alpha value is -3.29. The summed E-state index contributed by atoms with van der Waals surface area (Å²) >= 11 is 0. The molecule has 0 amide bonds. The van der Waals surface area contributed by atoms with Crippen molar-refractivity contribution >= 4 is 23.3 Å². The van der Waals surface area contributed by atoms with Crippen LogP contribution < -0.4 is 5.43 Å². The third kappa shape index (κ3) is 5.34. The number of benzene rings is 1. The number of carbonyl (C=O) groups is 1. The van der Waals surface area contributed by atoms with Crippen LogP contribution in [0.2, 0.25) is 0 Å². The topological polar surface area (TPSA) is 90.2 Å². The monoisotopic (exact) mass is 371 g/mol. The van der Waals surface area contributed by atoms with Crippen molar-refractivity contribution in [1.82, 2.24) is 15.3 Å². The van der Waals surface area contributed by atoms with E-state index in [4.69, 9.17) is 0 Å². The van der Waals surface area contributed by atoms with Crippen molar-refractivity contribution in [2.24, 2.45) is 10.1 Å². The maximum absolute atomic E-state index is 13.4. The second-order valence-electron chi connectivity index (χ2n) is 5.60. The molecule has 27 heavy (non-hydrogen) atoms. The molecule has 1 aromatic carbocycles. The minimum Gasteiger partial charge on any atom is -0.478 e. The van der Waals surface area contributed by atoms with Crippen molar-refractivity contribution in [2.45, 2.75) is 20.8 Å². The number of carboxylic acids is 1. The number of guanidine groups is 1. The lowest BCUT2D eigenvalue weighted by Gasteiger charge is -2.22. The number of carboxylic acid groups (broad SMARTS) is 1. The molecule has 142 valence electrons. The van der Waals surface area contributed by atoms with Crippen molar-refractivity contribution in [1.29, 1.82) is 0 Å². The molecule has 0 saturated carbocycles. The van der Waals surface area contributed by atoms with Gasteiger partial charge in [-0.3, -0.25) is 4.98 Å². The summed E-state index contributed by atoms with van der Waals surface area (Å²) in [5, 5.41) is 13.5. The lowest BCUT2D eigenvalue weighted by atomic mass is 10.1. The van der Waals surface area contributed by atoms with E-state index in [-0.39, 0.29) is 17.1 Å². The number of aromatic carboxylic acids is 1. The lowest BCUT2D eigenvalue weighted by Crippen LogP contribution is -2.39. The van der Waals surface area contributed by atoms with E-state index in [1.54, 1.807) is 25.1 Å². The lowest BCUT2D eigenvalue weighted by molar-refractivity contribution is 0.0696. The average molecular weight is 371 g/mol. The first-order valence-electron chi connectivity index (χ1n) is 8.54. The van der Waals surface area contributed by atoms with Gasteiger partial charge in [-0.2, -0.15) is 5.10 Å². The number of rotatable bonds is 6. The predicted octanol–water partition coefficient (Wildman–Crippen LogP) is 3.26. The molecule has 0 aliphatic heterocycles. The van der Waals surface area contributed by atoms with Gasteiger partial charge < -0.3 is 10.0 Å². The highest BCUT2D eigenvalue weighted by Gasteiger charge is 2.14. The highest BCUT2D eigenvalue weighted by atomic mass is 19.1. The Morgan fingerprint density at radius 1 is 1.26 bits per heavy atom. The molecule has 0 saturated heterocycles. The molecule has 8 heteroatoms. The van der Waals surface area contributed by atoms with E-state index < -0.39 is 5.97 Å². The van der Waals surface area contributed by atoms with Crippen molar-refractivity contribution in [2.75, 3.05) is 13.1 Å². The summed E-state index contributed by atoms with van der Waals surface area (Å²) in [7, 11) is 0. The van der Waals surface area contributed by atoms with Gasteiger partial charge in [0.25, 0.3) is 0 Å². The summed E-state index contributed by atoms with van der Waals surface area (Å²) in [5.41, 5.74) is 4.03. The number of hydrogen-bond donors (Lipinski definition) is 2. The van der Waals surface area contributed by atoms with Crippen LogP contribution in [-0.4, -0.2) is 45.7 Å². The normalized spacial score (nSPS) is 12.0. The number of halogens is 1. The fourth-order valence-corrected chi connectivity index (χ4v) is 2.41. The molecule has 0 unspecified atom stereocenters. The van der Waals surface area contributed by atoms with Crippen LogP contribution in [0.3, 0.4) is 0 Å². The zero-order chi connectivity index (χ0) is 19.8. The smallest absolute Gasteiger partial charge is 0.337 e. The number of aromatic nitrogens is 1. The Balaban J connectivity index is 2.36. The standard InChI is InChI=1S/C19H22FN5O2/c1-4-25(5-2)19(22-15-9-6-8-14(20)12-15)24-23-13(3)17-16(18(26)27)10-7-11-21-17/h6-12H,4-5H2,1-3H3,(H,22,24)(H,26,27). The van der Waals surface area contributed by atoms with Crippen LogP contribution in [0.1, 0.15) is 36.8 Å². The summed E-state index contributed by atoms with van der Waals surface area (Å²) < 4.78 is 13.4. The van der Waals surface area contributed by atoms with E-state index in [1.165, 1.54) is 24.4 Å². The molecule has 7 nitrogen and oxygen atoms in total. The van der Waals surface area contributed by atoms with E-state index in [0.717, 1.165) is 0 Å². The molecule has 0 aliphatic rings. The van der Waals surface area contributed by atoms with Gasteiger partial charge in [0.05, 0.1) is 17.0 Å².